The van der Waals surface area contributed by atoms with Crippen LogP contribution in [0.25, 0.3) is 0 Å². The van der Waals surface area contributed by atoms with Crippen LogP contribution in [0, 0.1) is 0 Å². The highest BCUT2D eigenvalue weighted by Gasteiger charge is 2.52. The molecule has 3 heterocycles. The van der Waals surface area contributed by atoms with E-state index in [0.29, 0.717) is 24.3 Å². The van der Waals surface area contributed by atoms with Crippen molar-refractivity contribution in [3.05, 3.63) is 28.8 Å². The normalized spacial score (nSPS) is 33.4. The molecule has 1 aromatic rings. The van der Waals surface area contributed by atoms with Crippen LogP contribution in [0.2, 0.25) is 0 Å². The van der Waals surface area contributed by atoms with E-state index in [0.717, 1.165) is 5.57 Å². The van der Waals surface area contributed by atoms with Gasteiger partial charge in [0.05, 0.1) is 23.8 Å². The van der Waals surface area contributed by atoms with E-state index >= 15 is 0 Å². The molecule has 4 unspecified atom stereocenters. The fourth-order valence-electron chi connectivity index (χ4n) is 4.32. The van der Waals surface area contributed by atoms with Crippen LogP contribution in [-0.4, -0.2) is 57.7 Å². The highest BCUT2D eigenvalue weighted by molar-refractivity contribution is 6.02. The molecule has 1 aromatic carbocycles. The first-order valence-electron chi connectivity index (χ1n) is 7.61. The maximum Gasteiger partial charge on any atom is 0.258 e. The van der Waals surface area contributed by atoms with Crippen LogP contribution in [-0.2, 0) is 0 Å². The summed E-state index contributed by atoms with van der Waals surface area (Å²) in [6, 6.07) is 1.38. The molecule has 0 aromatic heterocycles. The van der Waals surface area contributed by atoms with Crippen molar-refractivity contribution >= 4 is 5.91 Å². The third-order valence-corrected chi connectivity index (χ3v) is 5.30. The van der Waals surface area contributed by atoms with Crippen LogP contribution in [0.4, 0.5) is 0 Å². The molecule has 1 aliphatic carbocycles. The summed E-state index contributed by atoms with van der Waals surface area (Å²) in [5.41, 5.74) is 1.62. The molecule has 120 valence electrons. The SMILES string of the molecule is O=C1c2c(cc3c(c2O)OCO3)C2C(O)C(O)C=C3CCN1C32. The van der Waals surface area contributed by atoms with Gasteiger partial charge in [-0.2, -0.15) is 0 Å². The van der Waals surface area contributed by atoms with E-state index in [2.05, 4.69) is 0 Å². The molecule has 1 amide bonds. The largest absolute Gasteiger partial charge is 0.504 e. The molecule has 3 aliphatic heterocycles. The second-order valence-electron chi connectivity index (χ2n) is 6.37. The lowest BCUT2D eigenvalue weighted by molar-refractivity contribution is 0.00109. The monoisotopic (exact) mass is 317 g/mol. The standard InChI is InChI=1S/C16H15NO6/c18-8-3-6-1-2-17-12(6)10(13(8)19)7-4-9-15(23-5-22-9)14(20)11(7)16(17)21/h3-4,8,10,12-13,18-20H,1-2,5H2. The molecule has 4 atom stereocenters. The number of fused-ring (bicyclic) bond motifs is 3. The van der Waals surface area contributed by atoms with Gasteiger partial charge in [0.1, 0.15) is 0 Å². The average Bonchev–Trinajstić information content (AvgIpc) is 3.14. The number of ether oxygens (including phenoxy) is 2. The Bertz CT molecular complexity index is 772. The first kappa shape index (κ1) is 13.2. The molecule has 0 saturated carbocycles. The zero-order valence-electron chi connectivity index (χ0n) is 12.1. The van der Waals surface area contributed by atoms with Gasteiger partial charge in [-0.3, -0.25) is 4.79 Å². The maximum absolute atomic E-state index is 12.8. The smallest absolute Gasteiger partial charge is 0.258 e. The number of benzene rings is 1. The topological polar surface area (TPSA) is 99.5 Å². The number of amides is 1. The second-order valence-corrected chi connectivity index (χ2v) is 6.37. The average molecular weight is 317 g/mol. The van der Waals surface area contributed by atoms with Gasteiger partial charge in [-0.05, 0) is 23.6 Å². The molecule has 7 nitrogen and oxygen atoms in total. The third-order valence-electron chi connectivity index (χ3n) is 5.30. The Morgan fingerprint density at radius 2 is 2.09 bits per heavy atom. The van der Waals surface area contributed by atoms with E-state index < -0.39 is 18.1 Å². The number of carbonyl (C=O) groups excluding carboxylic acids is 1. The van der Waals surface area contributed by atoms with Gasteiger partial charge in [0.25, 0.3) is 5.91 Å². The lowest BCUT2D eigenvalue weighted by Gasteiger charge is -2.44. The Labute approximate surface area is 131 Å². The Hall–Kier alpha value is -2.25. The summed E-state index contributed by atoms with van der Waals surface area (Å²) in [5, 5.41) is 31.1. The fourth-order valence-corrected chi connectivity index (χ4v) is 4.32. The molecule has 1 fully saturated rings. The number of carbonyl (C=O) groups is 1. The molecular weight excluding hydrogens is 302 g/mol. The van der Waals surface area contributed by atoms with Crippen molar-refractivity contribution in [1.29, 1.82) is 0 Å². The Morgan fingerprint density at radius 3 is 2.91 bits per heavy atom. The van der Waals surface area contributed by atoms with Gasteiger partial charge in [-0.15, -0.1) is 0 Å². The Morgan fingerprint density at radius 1 is 1.26 bits per heavy atom. The molecule has 0 spiro atoms. The molecular formula is C16H15NO6. The Kier molecular flexibility index (Phi) is 2.40. The van der Waals surface area contributed by atoms with Crippen LogP contribution in [0.1, 0.15) is 28.3 Å². The fraction of sp³-hybridized carbons (Fsp3) is 0.438. The summed E-state index contributed by atoms with van der Waals surface area (Å²) in [6.45, 7) is 0.493. The van der Waals surface area contributed by atoms with Crippen molar-refractivity contribution in [1.82, 2.24) is 4.90 Å². The van der Waals surface area contributed by atoms with Gasteiger partial charge in [-0.25, -0.2) is 0 Å². The molecule has 0 radical (unpaired) electrons. The summed E-state index contributed by atoms with van der Waals surface area (Å²) >= 11 is 0. The summed E-state index contributed by atoms with van der Waals surface area (Å²) < 4.78 is 10.6. The summed E-state index contributed by atoms with van der Waals surface area (Å²) in [6.07, 6.45) is 0.283. The van der Waals surface area contributed by atoms with Crippen LogP contribution in [0.5, 0.6) is 17.2 Å². The second kappa shape index (κ2) is 4.18. The number of aliphatic hydroxyl groups is 2. The zero-order valence-corrected chi connectivity index (χ0v) is 12.1. The van der Waals surface area contributed by atoms with E-state index in [4.69, 9.17) is 9.47 Å². The van der Waals surface area contributed by atoms with Gasteiger partial charge in [0.2, 0.25) is 12.5 Å². The van der Waals surface area contributed by atoms with E-state index in [1.54, 1.807) is 17.0 Å². The van der Waals surface area contributed by atoms with E-state index in [9.17, 15) is 20.1 Å². The van der Waals surface area contributed by atoms with Crippen molar-refractivity contribution in [2.45, 2.75) is 30.6 Å². The number of hydrogen-bond acceptors (Lipinski definition) is 6. The van der Waals surface area contributed by atoms with Gasteiger partial charge in [0, 0.05) is 12.5 Å². The van der Waals surface area contributed by atoms with Crippen molar-refractivity contribution in [3.8, 4) is 17.2 Å². The van der Waals surface area contributed by atoms with Crippen molar-refractivity contribution in [2.24, 2.45) is 0 Å². The quantitative estimate of drug-likeness (QED) is 0.587. The zero-order chi connectivity index (χ0) is 15.9. The van der Waals surface area contributed by atoms with Crippen LogP contribution in [0.15, 0.2) is 17.7 Å². The minimum absolute atomic E-state index is 0.0197. The van der Waals surface area contributed by atoms with Gasteiger partial charge >= 0.3 is 0 Å². The van der Waals surface area contributed by atoms with Crippen LogP contribution in [0.3, 0.4) is 0 Å². The predicted molar refractivity (Wildman–Crippen MR) is 76.5 cm³/mol. The van der Waals surface area contributed by atoms with Gasteiger partial charge in [-0.1, -0.05) is 6.08 Å². The predicted octanol–water partition coefficient (Wildman–Crippen LogP) is 0.0944. The van der Waals surface area contributed by atoms with E-state index in [1.165, 1.54) is 0 Å². The number of rotatable bonds is 0. The summed E-state index contributed by atoms with van der Waals surface area (Å²) in [5.74, 6) is -0.484. The number of hydrogen-bond donors (Lipinski definition) is 3. The molecule has 5 rings (SSSR count). The van der Waals surface area contributed by atoms with E-state index in [1.807, 2.05) is 0 Å². The lowest BCUT2D eigenvalue weighted by atomic mass is 9.73. The molecule has 3 N–H and O–H groups in total. The summed E-state index contributed by atoms with van der Waals surface area (Å²) in [7, 11) is 0. The number of nitrogens with zero attached hydrogens (tertiary/aromatic N) is 1. The van der Waals surface area contributed by atoms with Crippen LogP contribution >= 0.6 is 0 Å². The van der Waals surface area contributed by atoms with Crippen LogP contribution < -0.4 is 9.47 Å². The highest BCUT2D eigenvalue weighted by atomic mass is 16.7. The molecule has 0 bridgehead atoms. The molecule has 1 saturated heterocycles. The molecule has 23 heavy (non-hydrogen) atoms. The lowest BCUT2D eigenvalue weighted by Crippen LogP contribution is -2.52. The maximum atomic E-state index is 12.8. The number of phenolic OH excluding ortho intramolecular Hbond substituents is 1. The number of phenols is 1. The highest BCUT2D eigenvalue weighted by Crippen LogP contribution is 2.53. The summed E-state index contributed by atoms with van der Waals surface area (Å²) in [4.78, 5) is 14.5. The van der Waals surface area contributed by atoms with Crippen molar-refractivity contribution in [3.63, 3.8) is 0 Å². The number of aromatic hydroxyl groups is 1. The van der Waals surface area contributed by atoms with Crippen molar-refractivity contribution < 1.29 is 29.6 Å². The Balaban J connectivity index is 1.79. The first-order chi connectivity index (χ1) is 11.1. The molecule has 4 aliphatic rings. The minimum Gasteiger partial charge on any atom is -0.504 e. The first-order valence-corrected chi connectivity index (χ1v) is 7.61. The van der Waals surface area contributed by atoms with Gasteiger partial charge in [0.15, 0.2) is 11.5 Å². The third kappa shape index (κ3) is 1.48. The van der Waals surface area contributed by atoms with Crippen molar-refractivity contribution in [2.75, 3.05) is 13.3 Å². The molecule has 7 heteroatoms. The van der Waals surface area contributed by atoms with E-state index in [-0.39, 0.29) is 35.8 Å². The minimum atomic E-state index is -1.05. The van der Waals surface area contributed by atoms with Gasteiger partial charge < -0.3 is 29.7 Å². The number of aliphatic hydroxyl groups excluding tert-OH is 2.